The number of esters is 1. The molecule has 2 heterocycles. The second-order valence-electron chi connectivity index (χ2n) is 6.52. The van der Waals surface area contributed by atoms with Crippen LogP contribution in [-0.4, -0.2) is 25.7 Å². The molecule has 0 fully saturated rings. The topological polar surface area (TPSA) is 63.0 Å². The minimum atomic E-state index is -0.695. The number of ether oxygens (including phenoxy) is 1. The van der Waals surface area contributed by atoms with E-state index in [2.05, 4.69) is 0 Å². The van der Waals surface area contributed by atoms with E-state index in [4.69, 9.17) is 20.8 Å². The first-order valence-electron chi connectivity index (χ1n) is 8.71. The molecule has 0 saturated heterocycles. The molecule has 1 aliphatic rings. The van der Waals surface area contributed by atoms with Gasteiger partial charge in [-0.3, -0.25) is 9.69 Å². The highest BCUT2D eigenvalue weighted by molar-refractivity contribution is 6.31. The number of aryl methyl sites for hydroxylation is 1. The van der Waals surface area contributed by atoms with Crippen molar-refractivity contribution in [3.63, 3.8) is 0 Å². The Hall–Kier alpha value is -3.32. The summed E-state index contributed by atoms with van der Waals surface area (Å²) in [6.45, 7) is 1.87. The van der Waals surface area contributed by atoms with Crippen LogP contribution in [0.4, 0.5) is 21.5 Å². The third kappa shape index (κ3) is 3.23. The van der Waals surface area contributed by atoms with Gasteiger partial charge in [0.05, 0.1) is 30.3 Å². The Kier molecular flexibility index (Phi) is 4.76. The number of carbonyl (C=O) groups is 2. The van der Waals surface area contributed by atoms with Gasteiger partial charge in [0.15, 0.2) is 0 Å². The molecule has 2 aromatic carbocycles. The van der Waals surface area contributed by atoms with Gasteiger partial charge in [-0.25, -0.2) is 9.18 Å². The van der Waals surface area contributed by atoms with Crippen LogP contribution >= 0.6 is 11.6 Å². The molecule has 8 heteroatoms. The number of hydrogen-bond donors (Lipinski definition) is 0. The molecule has 6 nitrogen and oxygen atoms in total. The summed E-state index contributed by atoms with van der Waals surface area (Å²) in [5.41, 5.74) is 2.67. The van der Waals surface area contributed by atoms with Crippen LogP contribution in [0.5, 0.6) is 0 Å². The molecule has 0 aliphatic carbocycles. The Morgan fingerprint density at radius 3 is 2.59 bits per heavy atom. The van der Waals surface area contributed by atoms with Crippen LogP contribution < -0.4 is 9.80 Å². The number of rotatable bonds is 3. The number of amides is 1. The highest BCUT2D eigenvalue weighted by Gasteiger charge is 2.35. The molecule has 4 rings (SSSR count). The fourth-order valence-corrected chi connectivity index (χ4v) is 3.59. The smallest absolute Gasteiger partial charge is 0.376 e. The molecule has 0 N–H and O–H groups in total. The fourth-order valence-electron chi connectivity index (χ4n) is 3.42. The van der Waals surface area contributed by atoms with E-state index >= 15 is 0 Å². The van der Waals surface area contributed by atoms with Crippen molar-refractivity contribution in [2.75, 3.05) is 23.6 Å². The van der Waals surface area contributed by atoms with Crippen molar-refractivity contribution in [3.05, 3.63) is 76.5 Å². The van der Waals surface area contributed by atoms with E-state index in [1.54, 1.807) is 31.2 Å². The maximum absolute atomic E-state index is 13.6. The second-order valence-corrected chi connectivity index (χ2v) is 6.96. The lowest BCUT2D eigenvalue weighted by atomic mass is 10.0. The number of anilines is 3. The molecule has 0 spiro atoms. The first-order chi connectivity index (χ1) is 13.9. The van der Waals surface area contributed by atoms with Crippen LogP contribution in [0.15, 0.2) is 53.1 Å². The molecule has 148 valence electrons. The van der Waals surface area contributed by atoms with Gasteiger partial charge in [-0.1, -0.05) is 11.6 Å². The summed E-state index contributed by atoms with van der Waals surface area (Å²) in [5.74, 6) is -1.47. The Morgan fingerprint density at radius 2 is 1.86 bits per heavy atom. The second kappa shape index (κ2) is 7.25. The zero-order valence-electron chi connectivity index (χ0n) is 15.6. The van der Waals surface area contributed by atoms with Crippen LogP contribution in [0.25, 0.3) is 0 Å². The molecule has 0 radical (unpaired) electrons. The lowest BCUT2D eigenvalue weighted by Gasteiger charge is -2.38. The molecule has 1 amide bonds. The Bertz CT molecular complexity index is 1130. The number of benzene rings is 2. The molecule has 0 bridgehead atoms. The maximum Gasteiger partial charge on any atom is 0.376 e. The van der Waals surface area contributed by atoms with Gasteiger partial charge in [0.1, 0.15) is 12.5 Å². The number of fused-ring (bicyclic) bond motifs is 1. The SMILES string of the molecule is COC(=O)c1occc1N1CN(c2ccc(F)cc2C)c2ccc(Cl)cc2C1=O. The fraction of sp³-hybridized carbons (Fsp3) is 0.143. The van der Waals surface area contributed by atoms with E-state index in [0.717, 1.165) is 5.69 Å². The third-order valence-electron chi connectivity index (χ3n) is 4.76. The van der Waals surface area contributed by atoms with Gasteiger partial charge in [-0.2, -0.15) is 0 Å². The van der Waals surface area contributed by atoms with E-state index in [9.17, 15) is 14.0 Å². The van der Waals surface area contributed by atoms with E-state index in [0.29, 0.717) is 21.8 Å². The summed E-state index contributed by atoms with van der Waals surface area (Å²) in [7, 11) is 1.23. The Labute approximate surface area is 171 Å². The predicted octanol–water partition coefficient (Wildman–Crippen LogP) is 4.92. The minimum Gasteiger partial charge on any atom is -0.463 e. The van der Waals surface area contributed by atoms with Gasteiger partial charge in [0.2, 0.25) is 5.76 Å². The zero-order chi connectivity index (χ0) is 20.7. The molecule has 1 aromatic heterocycles. The normalized spacial score (nSPS) is 13.4. The minimum absolute atomic E-state index is 0.0814. The number of nitrogens with zero attached hydrogens (tertiary/aromatic N) is 2. The van der Waals surface area contributed by atoms with Crippen LogP contribution in [0.1, 0.15) is 26.5 Å². The number of halogens is 2. The molecule has 1 aliphatic heterocycles. The van der Waals surface area contributed by atoms with Crippen LogP contribution in [-0.2, 0) is 4.74 Å². The predicted molar refractivity (Wildman–Crippen MR) is 106 cm³/mol. The number of carbonyl (C=O) groups excluding carboxylic acids is 2. The van der Waals surface area contributed by atoms with Crippen LogP contribution in [0, 0.1) is 12.7 Å². The van der Waals surface area contributed by atoms with E-state index in [1.807, 2.05) is 4.90 Å². The maximum atomic E-state index is 13.6. The molecule has 3 aromatic rings. The molecular formula is C21H16ClFN2O4. The van der Waals surface area contributed by atoms with Crippen molar-refractivity contribution in [3.8, 4) is 0 Å². The number of methoxy groups -OCH3 is 1. The monoisotopic (exact) mass is 414 g/mol. The van der Waals surface area contributed by atoms with Gasteiger partial charge >= 0.3 is 5.97 Å². The zero-order valence-corrected chi connectivity index (χ0v) is 16.4. The van der Waals surface area contributed by atoms with Crippen molar-refractivity contribution < 1.29 is 23.1 Å². The first kappa shape index (κ1) is 19.0. The molecule has 0 saturated carbocycles. The van der Waals surface area contributed by atoms with Crippen molar-refractivity contribution >= 4 is 40.5 Å². The van der Waals surface area contributed by atoms with E-state index in [1.165, 1.54) is 36.5 Å². The van der Waals surface area contributed by atoms with E-state index < -0.39 is 5.97 Å². The lowest BCUT2D eigenvalue weighted by molar-refractivity contribution is 0.0566. The third-order valence-corrected chi connectivity index (χ3v) is 5.00. The van der Waals surface area contributed by atoms with Crippen molar-refractivity contribution in [2.45, 2.75) is 6.92 Å². The van der Waals surface area contributed by atoms with Gasteiger partial charge in [-0.05, 0) is 48.9 Å². The van der Waals surface area contributed by atoms with Crippen molar-refractivity contribution in [2.24, 2.45) is 0 Å². The lowest BCUT2D eigenvalue weighted by Crippen LogP contribution is -2.45. The van der Waals surface area contributed by atoms with Gasteiger partial charge in [0.25, 0.3) is 5.91 Å². The largest absolute Gasteiger partial charge is 0.463 e. The summed E-state index contributed by atoms with van der Waals surface area (Å²) in [6, 6.07) is 10.9. The highest BCUT2D eigenvalue weighted by Crippen LogP contribution is 2.39. The summed E-state index contributed by atoms with van der Waals surface area (Å²) in [4.78, 5) is 28.5. The van der Waals surface area contributed by atoms with E-state index in [-0.39, 0.29) is 29.8 Å². The Morgan fingerprint density at radius 1 is 1.10 bits per heavy atom. The summed E-state index contributed by atoms with van der Waals surface area (Å²) < 4.78 is 23.6. The molecule has 0 unspecified atom stereocenters. The summed E-state index contributed by atoms with van der Waals surface area (Å²) in [6.07, 6.45) is 1.32. The number of furan rings is 1. The standard InChI is InChI=1S/C21H16ClFN2O4/c1-12-9-14(23)4-6-16(12)24-11-25(18-7-8-29-19(18)21(27)28-2)20(26)15-10-13(22)3-5-17(15)24/h3-10H,11H2,1-2H3. The van der Waals surface area contributed by atoms with Gasteiger partial charge < -0.3 is 14.1 Å². The highest BCUT2D eigenvalue weighted by atomic mass is 35.5. The summed E-state index contributed by atoms with van der Waals surface area (Å²) >= 11 is 6.13. The van der Waals surface area contributed by atoms with Crippen molar-refractivity contribution in [1.82, 2.24) is 0 Å². The first-order valence-corrected chi connectivity index (χ1v) is 9.09. The molecular weight excluding hydrogens is 399 g/mol. The van der Waals surface area contributed by atoms with Gasteiger partial charge in [-0.15, -0.1) is 0 Å². The van der Waals surface area contributed by atoms with Crippen LogP contribution in [0.2, 0.25) is 5.02 Å². The van der Waals surface area contributed by atoms with Crippen molar-refractivity contribution in [1.29, 1.82) is 0 Å². The molecule has 0 atom stereocenters. The van der Waals surface area contributed by atoms with Crippen LogP contribution in [0.3, 0.4) is 0 Å². The summed E-state index contributed by atoms with van der Waals surface area (Å²) in [5, 5.41) is 0.398. The number of hydrogen-bond acceptors (Lipinski definition) is 5. The Balaban J connectivity index is 1.88. The quantitative estimate of drug-likeness (QED) is 0.569. The average molecular weight is 415 g/mol. The molecule has 29 heavy (non-hydrogen) atoms. The van der Waals surface area contributed by atoms with Gasteiger partial charge in [0, 0.05) is 16.8 Å². The average Bonchev–Trinajstić information content (AvgIpc) is 3.18.